The highest BCUT2D eigenvalue weighted by Crippen LogP contribution is 2.24. The molecule has 16 heavy (non-hydrogen) atoms. The molecule has 0 heterocycles. The average Bonchev–Trinajstić information content (AvgIpc) is 2.27. The van der Waals surface area contributed by atoms with Crippen LogP contribution in [0, 0.1) is 11.3 Å². The summed E-state index contributed by atoms with van der Waals surface area (Å²) in [5.74, 6) is 0.295. The molecule has 0 unspecified atom stereocenters. The quantitative estimate of drug-likeness (QED) is 0.871. The van der Waals surface area contributed by atoms with Gasteiger partial charge in [0.25, 0.3) is 0 Å². The normalized spacial score (nSPS) is 9.31. The fourth-order valence-electron chi connectivity index (χ4n) is 1.15. The molecule has 84 valence electrons. The number of carbonyl (C=O) groups excluding carboxylic acids is 1. The van der Waals surface area contributed by atoms with Gasteiger partial charge >= 0.3 is 0 Å². The maximum Gasteiger partial charge on any atom is 0.234 e. The Labute approximate surface area is 98.8 Å². The van der Waals surface area contributed by atoms with Crippen molar-refractivity contribution < 1.29 is 9.53 Å². The molecule has 1 N–H and O–H groups in total. The van der Waals surface area contributed by atoms with Crippen molar-refractivity contribution in [1.29, 1.82) is 5.26 Å². The zero-order chi connectivity index (χ0) is 12.0. The highest BCUT2D eigenvalue weighted by atomic mass is 35.5. The van der Waals surface area contributed by atoms with E-state index in [1.165, 1.54) is 7.11 Å². The van der Waals surface area contributed by atoms with Crippen molar-refractivity contribution in [3.05, 3.63) is 28.8 Å². The third-order valence-electron chi connectivity index (χ3n) is 1.95. The average molecular weight is 239 g/mol. The van der Waals surface area contributed by atoms with Gasteiger partial charge in [0.05, 0.1) is 18.2 Å². The summed E-state index contributed by atoms with van der Waals surface area (Å²) in [6, 6.07) is 7.02. The molecular weight excluding hydrogens is 228 g/mol. The van der Waals surface area contributed by atoms with E-state index in [9.17, 15) is 4.79 Å². The van der Waals surface area contributed by atoms with Crippen molar-refractivity contribution in [2.75, 3.05) is 7.11 Å². The molecule has 0 aliphatic heterocycles. The highest BCUT2D eigenvalue weighted by molar-refractivity contribution is 6.32. The molecule has 0 spiro atoms. The monoisotopic (exact) mass is 238 g/mol. The molecule has 4 nitrogen and oxygen atoms in total. The van der Waals surface area contributed by atoms with Gasteiger partial charge in [-0.3, -0.25) is 4.79 Å². The van der Waals surface area contributed by atoms with Gasteiger partial charge in [0.2, 0.25) is 5.91 Å². The molecule has 1 aromatic carbocycles. The number of benzene rings is 1. The summed E-state index contributed by atoms with van der Waals surface area (Å²) >= 11 is 5.92. The van der Waals surface area contributed by atoms with E-state index in [0.29, 0.717) is 17.3 Å². The van der Waals surface area contributed by atoms with Crippen LogP contribution < -0.4 is 10.1 Å². The van der Waals surface area contributed by atoms with Crippen molar-refractivity contribution in [3.63, 3.8) is 0 Å². The summed E-state index contributed by atoms with van der Waals surface area (Å²) in [5.41, 5.74) is 0.858. The number of rotatable bonds is 4. The molecule has 5 heteroatoms. The summed E-state index contributed by atoms with van der Waals surface area (Å²) in [5, 5.41) is 11.4. The second kappa shape index (κ2) is 5.99. The van der Waals surface area contributed by atoms with Crippen LogP contribution in [-0.4, -0.2) is 13.0 Å². The van der Waals surface area contributed by atoms with Gasteiger partial charge in [0.1, 0.15) is 12.2 Å². The first-order valence-electron chi connectivity index (χ1n) is 4.63. The zero-order valence-electron chi connectivity index (χ0n) is 8.79. The summed E-state index contributed by atoms with van der Waals surface area (Å²) in [4.78, 5) is 11.0. The van der Waals surface area contributed by atoms with Gasteiger partial charge in [-0.2, -0.15) is 5.26 Å². The number of nitrogens with zero attached hydrogens (tertiary/aromatic N) is 1. The van der Waals surface area contributed by atoms with E-state index in [2.05, 4.69) is 5.32 Å². The van der Waals surface area contributed by atoms with Crippen LogP contribution in [0.15, 0.2) is 18.2 Å². The number of halogens is 1. The fourth-order valence-corrected chi connectivity index (χ4v) is 1.44. The first kappa shape index (κ1) is 12.3. The molecule has 0 saturated heterocycles. The summed E-state index contributed by atoms with van der Waals surface area (Å²) < 4.78 is 5.00. The molecule has 1 aromatic rings. The van der Waals surface area contributed by atoms with Crippen LogP contribution in [0.5, 0.6) is 5.75 Å². The molecule has 0 aliphatic rings. The third kappa shape index (κ3) is 3.44. The van der Waals surface area contributed by atoms with Crippen LogP contribution in [0.25, 0.3) is 0 Å². The largest absolute Gasteiger partial charge is 0.495 e. The standard InChI is InChI=1S/C11H11ClN2O2/c1-16-10-3-2-8(6-9(10)12)7-14-11(15)4-5-13/h2-3,6H,4,7H2,1H3,(H,14,15). The van der Waals surface area contributed by atoms with Crippen LogP contribution >= 0.6 is 11.6 Å². The molecule has 0 bridgehead atoms. The van der Waals surface area contributed by atoms with Crippen LogP contribution in [0.1, 0.15) is 12.0 Å². The Morgan fingerprint density at radius 1 is 1.62 bits per heavy atom. The smallest absolute Gasteiger partial charge is 0.234 e. The van der Waals surface area contributed by atoms with Crippen LogP contribution in [-0.2, 0) is 11.3 Å². The minimum absolute atomic E-state index is 0.135. The lowest BCUT2D eigenvalue weighted by molar-refractivity contribution is -0.120. The number of hydrogen-bond acceptors (Lipinski definition) is 3. The van der Waals surface area contributed by atoms with Gasteiger partial charge in [0, 0.05) is 6.54 Å². The third-order valence-corrected chi connectivity index (χ3v) is 2.24. The fraction of sp³-hybridized carbons (Fsp3) is 0.273. The zero-order valence-corrected chi connectivity index (χ0v) is 9.54. The molecule has 0 aromatic heterocycles. The lowest BCUT2D eigenvalue weighted by Crippen LogP contribution is -2.21. The van der Waals surface area contributed by atoms with E-state index in [0.717, 1.165) is 5.56 Å². The van der Waals surface area contributed by atoms with Crippen LogP contribution in [0.2, 0.25) is 5.02 Å². The Balaban J connectivity index is 2.59. The summed E-state index contributed by atoms with van der Waals surface area (Å²) in [6.45, 7) is 0.351. The molecular formula is C11H11ClN2O2. The van der Waals surface area contributed by atoms with Crippen molar-refractivity contribution in [1.82, 2.24) is 5.32 Å². The van der Waals surface area contributed by atoms with Gasteiger partial charge in [0.15, 0.2) is 0 Å². The number of nitrogens with one attached hydrogen (secondary N) is 1. The lowest BCUT2D eigenvalue weighted by Gasteiger charge is -2.06. The van der Waals surface area contributed by atoms with Gasteiger partial charge < -0.3 is 10.1 Å². The van der Waals surface area contributed by atoms with E-state index in [1.54, 1.807) is 24.3 Å². The van der Waals surface area contributed by atoms with E-state index in [-0.39, 0.29) is 12.3 Å². The van der Waals surface area contributed by atoms with Crippen LogP contribution in [0.4, 0.5) is 0 Å². The Kier molecular flexibility index (Phi) is 4.62. The maximum absolute atomic E-state index is 11.0. The predicted molar refractivity (Wildman–Crippen MR) is 60.1 cm³/mol. The first-order chi connectivity index (χ1) is 7.67. The minimum Gasteiger partial charge on any atom is -0.495 e. The molecule has 0 atom stereocenters. The molecule has 0 aliphatic carbocycles. The van der Waals surface area contributed by atoms with Gasteiger partial charge in [-0.15, -0.1) is 0 Å². The van der Waals surface area contributed by atoms with E-state index in [1.807, 2.05) is 0 Å². The molecule has 1 rings (SSSR count). The van der Waals surface area contributed by atoms with Crippen molar-refractivity contribution in [3.8, 4) is 11.8 Å². The maximum atomic E-state index is 11.0. The number of ether oxygens (including phenoxy) is 1. The van der Waals surface area contributed by atoms with Crippen molar-refractivity contribution in [2.24, 2.45) is 0 Å². The van der Waals surface area contributed by atoms with Gasteiger partial charge in [-0.25, -0.2) is 0 Å². The summed E-state index contributed by atoms with van der Waals surface area (Å²) in [7, 11) is 1.54. The van der Waals surface area contributed by atoms with E-state index >= 15 is 0 Å². The van der Waals surface area contributed by atoms with Gasteiger partial charge in [-0.1, -0.05) is 17.7 Å². The number of amides is 1. The number of nitriles is 1. The molecule has 0 fully saturated rings. The Morgan fingerprint density at radius 3 is 2.94 bits per heavy atom. The first-order valence-corrected chi connectivity index (χ1v) is 5.01. The minimum atomic E-state index is -0.297. The Hall–Kier alpha value is -1.73. The number of hydrogen-bond donors (Lipinski definition) is 1. The Bertz CT molecular complexity index is 426. The number of carbonyl (C=O) groups is 1. The van der Waals surface area contributed by atoms with Crippen LogP contribution in [0.3, 0.4) is 0 Å². The van der Waals surface area contributed by atoms with Gasteiger partial charge in [-0.05, 0) is 17.7 Å². The summed E-state index contributed by atoms with van der Waals surface area (Å²) in [6.07, 6.45) is -0.135. The van der Waals surface area contributed by atoms with Crippen molar-refractivity contribution in [2.45, 2.75) is 13.0 Å². The topological polar surface area (TPSA) is 62.1 Å². The lowest BCUT2D eigenvalue weighted by atomic mass is 10.2. The SMILES string of the molecule is COc1ccc(CNC(=O)CC#N)cc1Cl. The second-order valence-corrected chi connectivity index (χ2v) is 3.49. The Morgan fingerprint density at radius 2 is 2.38 bits per heavy atom. The molecule has 0 radical (unpaired) electrons. The van der Waals surface area contributed by atoms with E-state index in [4.69, 9.17) is 21.6 Å². The number of methoxy groups -OCH3 is 1. The molecule has 1 amide bonds. The van der Waals surface area contributed by atoms with E-state index < -0.39 is 0 Å². The van der Waals surface area contributed by atoms with Crippen molar-refractivity contribution >= 4 is 17.5 Å². The second-order valence-electron chi connectivity index (χ2n) is 3.08. The highest BCUT2D eigenvalue weighted by Gasteiger charge is 2.03. The predicted octanol–water partition coefficient (Wildman–Crippen LogP) is 1.88. The molecule has 0 saturated carbocycles.